The van der Waals surface area contributed by atoms with Crippen LogP contribution in [0.4, 0.5) is 4.39 Å². The third-order valence-corrected chi connectivity index (χ3v) is 4.37. The van der Waals surface area contributed by atoms with Crippen LogP contribution >= 0.6 is 0 Å². The van der Waals surface area contributed by atoms with Gasteiger partial charge in [0.1, 0.15) is 5.82 Å². The van der Waals surface area contributed by atoms with Crippen molar-refractivity contribution in [1.29, 1.82) is 0 Å². The lowest BCUT2D eigenvalue weighted by atomic mass is 9.66. The van der Waals surface area contributed by atoms with Crippen LogP contribution < -0.4 is 5.73 Å². The molecule has 2 N–H and O–H groups in total. The molecule has 4 heteroatoms. The average molecular weight is 278 g/mol. The second-order valence-corrected chi connectivity index (χ2v) is 5.77. The number of carbonyl (C=O) groups excluding carboxylic acids is 1. The summed E-state index contributed by atoms with van der Waals surface area (Å²) >= 11 is 0. The molecule has 0 atom stereocenters. The monoisotopic (exact) mass is 278 g/mol. The lowest BCUT2D eigenvalue weighted by molar-refractivity contribution is -0.135. The molecule has 0 spiro atoms. The highest BCUT2D eigenvalue weighted by molar-refractivity contribution is 5.77. The number of carbonyl (C=O) groups is 1. The number of halogens is 1. The Morgan fingerprint density at radius 3 is 2.70 bits per heavy atom. The van der Waals surface area contributed by atoms with Crippen LogP contribution in [0, 0.1) is 11.2 Å². The average Bonchev–Trinajstić information content (AvgIpc) is 2.40. The van der Waals surface area contributed by atoms with E-state index in [2.05, 4.69) is 0 Å². The lowest BCUT2D eigenvalue weighted by Gasteiger charge is -2.41. The minimum absolute atomic E-state index is 0.0203. The largest absolute Gasteiger partial charge is 0.339 e. The van der Waals surface area contributed by atoms with Crippen molar-refractivity contribution in [2.75, 3.05) is 13.1 Å². The van der Waals surface area contributed by atoms with Crippen molar-refractivity contribution < 1.29 is 9.18 Å². The highest BCUT2D eigenvalue weighted by Gasteiger charge is 2.38. The Kier molecular flexibility index (Phi) is 4.76. The molecule has 0 radical (unpaired) electrons. The quantitative estimate of drug-likeness (QED) is 0.869. The Balaban J connectivity index is 1.99. The van der Waals surface area contributed by atoms with Crippen molar-refractivity contribution in [3.63, 3.8) is 0 Å². The fraction of sp³-hybridized carbons (Fsp3) is 0.562. The molecule has 20 heavy (non-hydrogen) atoms. The van der Waals surface area contributed by atoms with Gasteiger partial charge in [-0.15, -0.1) is 0 Å². The maximum atomic E-state index is 13.2. The first-order chi connectivity index (χ1) is 9.58. The SMILES string of the molecule is CCN(Cc1cccc(F)c1)C(=O)CC1(CN)CCC1. The zero-order valence-electron chi connectivity index (χ0n) is 12.1. The molecule has 1 aliphatic carbocycles. The summed E-state index contributed by atoms with van der Waals surface area (Å²) in [4.78, 5) is 14.2. The van der Waals surface area contributed by atoms with Gasteiger partial charge < -0.3 is 10.6 Å². The number of rotatable bonds is 6. The van der Waals surface area contributed by atoms with E-state index in [9.17, 15) is 9.18 Å². The van der Waals surface area contributed by atoms with Crippen LogP contribution in [0.25, 0.3) is 0 Å². The molecule has 1 amide bonds. The predicted octanol–water partition coefficient (Wildman–Crippen LogP) is 2.69. The topological polar surface area (TPSA) is 46.3 Å². The molecule has 3 nitrogen and oxygen atoms in total. The van der Waals surface area contributed by atoms with E-state index in [1.807, 2.05) is 13.0 Å². The standard InChI is InChI=1S/C16H23FN2O/c1-2-19(11-13-5-3-6-14(17)9-13)15(20)10-16(12-18)7-4-8-16/h3,5-6,9H,2,4,7-8,10-12,18H2,1H3. The third-order valence-electron chi connectivity index (χ3n) is 4.37. The van der Waals surface area contributed by atoms with Crippen LogP contribution in [-0.4, -0.2) is 23.9 Å². The number of nitrogens with two attached hydrogens (primary N) is 1. The summed E-state index contributed by atoms with van der Waals surface area (Å²) in [7, 11) is 0. The molecule has 1 aromatic carbocycles. The van der Waals surface area contributed by atoms with E-state index < -0.39 is 0 Å². The first kappa shape index (κ1) is 15.0. The first-order valence-electron chi connectivity index (χ1n) is 7.31. The number of nitrogens with zero attached hydrogens (tertiary/aromatic N) is 1. The lowest BCUT2D eigenvalue weighted by Crippen LogP contribution is -2.43. The van der Waals surface area contributed by atoms with Crippen LogP contribution in [-0.2, 0) is 11.3 Å². The van der Waals surface area contributed by atoms with E-state index in [1.165, 1.54) is 18.6 Å². The zero-order chi connectivity index (χ0) is 14.6. The summed E-state index contributed by atoms with van der Waals surface area (Å²) in [6.45, 7) is 3.63. The molecule has 1 fully saturated rings. The second kappa shape index (κ2) is 6.35. The second-order valence-electron chi connectivity index (χ2n) is 5.77. The normalized spacial score (nSPS) is 16.6. The van der Waals surface area contributed by atoms with Gasteiger partial charge in [0.25, 0.3) is 0 Å². The van der Waals surface area contributed by atoms with Gasteiger partial charge in [0.15, 0.2) is 0 Å². The maximum Gasteiger partial charge on any atom is 0.223 e. The molecule has 1 aliphatic rings. The summed E-state index contributed by atoms with van der Waals surface area (Å²) in [5.74, 6) is -0.134. The third kappa shape index (κ3) is 3.37. The Morgan fingerprint density at radius 1 is 1.45 bits per heavy atom. The van der Waals surface area contributed by atoms with Gasteiger partial charge >= 0.3 is 0 Å². The van der Waals surface area contributed by atoms with Crippen molar-refractivity contribution in [3.05, 3.63) is 35.6 Å². The van der Waals surface area contributed by atoms with Crippen LogP contribution in [0.1, 0.15) is 38.2 Å². The van der Waals surface area contributed by atoms with Gasteiger partial charge in [-0.25, -0.2) is 4.39 Å². The van der Waals surface area contributed by atoms with Gasteiger partial charge in [0, 0.05) is 19.5 Å². The predicted molar refractivity (Wildman–Crippen MR) is 77.4 cm³/mol. The van der Waals surface area contributed by atoms with Crippen molar-refractivity contribution in [3.8, 4) is 0 Å². The van der Waals surface area contributed by atoms with Crippen molar-refractivity contribution in [2.45, 2.75) is 39.2 Å². The number of hydrogen-bond donors (Lipinski definition) is 1. The Morgan fingerprint density at radius 2 is 2.20 bits per heavy atom. The molecule has 0 bridgehead atoms. The number of benzene rings is 1. The van der Waals surface area contributed by atoms with Crippen molar-refractivity contribution in [2.24, 2.45) is 11.1 Å². The summed E-state index contributed by atoms with van der Waals surface area (Å²) in [5, 5.41) is 0. The van der Waals surface area contributed by atoms with Crippen LogP contribution in [0.15, 0.2) is 24.3 Å². The molecule has 1 aromatic rings. The molecule has 2 rings (SSSR count). The van der Waals surface area contributed by atoms with Crippen LogP contribution in [0.3, 0.4) is 0 Å². The van der Waals surface area contributed by atoms with E-state index in [0.29, 0.717) is 26.1 Å². The fourth-order valence-electron chi connectivity index (χ4n) is 2.79. The molecular formula is C16H23FN2O. The molecule has 0 saturated heterocycles. The van der Waals surface area contributed by atoms with Gasteiger partial charge in [-0.1, -0.05) is 18.6 Å². The smallest absolute Gasteiger partial charge is 0.223 e. The van der Waals surface area contributed by atoms with Gasteiger partial charge in [0.2, 0.25) is 5.91 Å². The van der Waals surface area contributed by atoms with E-state index in [1.54, 1.807) is 11.0 Å². The highest BCUT2D eigenvalue weighted by atomic mass is 19.1. The fourth-order valence-corrected chi connectivity index (χ4v) is 2.79. The van der Waals surface area contributed by atoms with Crippen LogP contribution in [0.2, 0.25) is 0 Å². The number of amides is 1. The van der Waals surface area contributed by atoms with E-state index in [0.717, 1.165) is 18.4 Å². The van der Waals surface area contributed by atoms with Crippen molar-refractivity contribution >= 4 is 5.91 Å². The number of hydrogen-bond acceptors (Lipinski definition) is 2. The maximum absolute atomic E-state index is 13.2. The van der Waals surface area contributed by atoms with Gasteiger partial charge in [-0.2, -0.15) is 0 Å². The molecule has 0 aliphatic heterocycles. The summed E-state index contributed by atoms with van der Waals surface area (Å²) in [6, 6.07) is 6.43. The minimum Gasteiger partial charge on any atom is -0.339 e. The summed E-state index contributed by atoms with van der Waals surface area (Å²) in [5.41, 5.74) is 6.66. The van der Waals surface area contributed by atoms with E-state index in [4.69, 9.17) is 5.73 Å². The summed E-state index contributed by atoms with van der Waals surface area (Å²) < 4.78 is 13.2. The minimum atomic E-state index is -0.261. The summed E-state index contributed by atoms with van der Waals surface area (Å²) in [6.07, 6.45) is 3.78. The molecule has 0 heterocycles. The molecule has 0 aromatic heterocycles. The highest BCUT2D eigenvalue weighted by Crippen LogP contribution is 2.43. The zero-order valence-corrected chi connectivity index (χ0v) is 12.1. The van der Waals surface area contributed by atoms with Gasteiger partial charge in [0.05, 0.1) is 0 Å². The molecule has 0 unspecified atom stereocenters. The van der Waals surface area contributed by atoms with E-state index in [-0.39, 0.29) is 17.1 Å². The van der Waals surface area contributed by atoms with E-state index >= 15 is 0 Å². The Labute approximate surface area is 120 Å². The molecular weight excluding hydrogens is 255 g/mol. The van der Waals surface area contributed by atoms with Gasteiger partial charge in [-0.3, -0.25) is 4.79 Å². The Bertz CT molecular complexity index is 466. The molecule has 110 valence electrons. The van der Waals surface area contributed by atoms with Crippen LogP contribution in [0.5, 0.6) is 0 Å². The van der Waals surface area contributed by atoms with Gasteiger partial charge in [-0.05, 0) is 49.4 Å². The van der Waals surface area contributed by atoms with Crippen molar-refractivity contribution in [1.82, 2.24) is 4.90 Å². The Hall–Kier alpha value is -1.42. The first-order valence-corrected chi connectivity index (χ1v) is 7.31. The molecule has 1 saturated carbocycles.